The van der Waals surface area contributed by atoms with Crippen LogP contribution in [0.4, 0.5) is 0 Å². The normalized spacial score (nSPS) is 10.9. The first-order valence-corrected chi connectivity index (χ1v) is 6.27. The Kier molecular flexibility index (Phi) is 2.83. The summed E-state index contributed by atoms with van der Waals surface area (Å²) in [6.45, 7) is 1.75. The maximum absolute atomic E-state index is 12.1. The first kappa shape index (κ1) is 13.1. The minimum atomic E-state index is -0.656. The second-order valence-electron chi connectivity index (χ2n) is 4.75. The molecule has 3 rings (SSSR count). The maximum Gasteiger partial charge on any atom is 0.347 e. The van der Waals surface area contributed by atoms with Crippen molar-refractivity contribution >= 4 is 10.8 Å². The number of fused-ring (bicyclic) bond motifs is 1. The molecule has 0 saturated heterocycles. The predicted octanol–water partition coefficient (Wildman–Crippen LogP) is 2.89. The van der Waals surface area contributed by atoms with Gasteiger partial charge in [0.15, 0.2) is 11.5 Å². The van der Waals surface area contributed by atoms with Crippen molar-refractivity contribution < 1.29 is 19.7 Å². The summed E-state index contributed by atoms with van der Waals surface area (Å²) < 4.78 is 5.27. The topological polar surface area (TPSA) is 90.9 Å². The van der Waals surface area contributed by atoms with Crippen LogP contribution in [-0.4, -0.2) is 15.3 Å². The third-order valence-corrected chi connectivity index (χ3v) is 3.42. The fourth-order valence-electron chi connectivity index (χ4n) is 2.35. The highest BCUT2D eigenvalue weighted by molar-refractivity contribution is 5.92. The van der Waals surface area contributed by atoms with Gasteiger partial charge in [-0.3, -0.25) is 0 Å². The lowest BCUT2D eigenvalue weighted by Gasteiger charge is -2.09. The third kappa shape index (κ3) is 1.99. The van der Waals surface area contributed by atoms with E-state index < -0.39 is 5.63 Å². The zero-order valence-corrected chi connectivity index (χ0v) is 11.1. The molecule has 0 unspecified atom stereocenters. The van der Waals surface area contributed by atoms with E-state index in [1.54, 1.807) is 19.1 Å². The summed E-state index contributed by atoms with van der Waals surface area (Å²) in [5.41, 5.74) is 0.465. The molecule has 0 amide bonds. The van der Waals surface area contributed by atoms with E-state index in [4.69, 9.17) is 4.42 Å². The molecule has 3 N–H and O–H groups in total. The van der Waals surface area contributed by atoms with Crippen LogP contribution in [0.2, 0.25) is 0 Å². The van der Waals surface area contributed by atoms with Crippen LogP contribution in [0.5, 0.6) is 17.2 Å². The molecular weight excluding hydrogens is 272 g/mol. The molecule has 0 radical (unpaired) electrons. The molecule has 3 aromatic rings. The van der Waals surface area contributed by atoms with Crippen LogP contribution in [0, 0.1) is 6.92 Å². The summed E-state index contributed by atoms with van der Waals surface area (Å²) in [5, 5.41) is 29.4. The predicted molar refractivity (Wildman–Crippen MR) is 77.7 cm³/mol. The van der Waals surface area contributed by atoms with Gasteiger partial charge in [0.2, 0.25) is 0 Å². The smallest absolute Gasteiger partial charge is 0.347 e. The van der Waals surface area contributed by atoms with Gasteiger partial charge in [0.1, 0.15) is 16.9 Å². The average molecular weight is 284 g/mol. The van der Waals surface area contributed by atoms with Crippen molar-refractivity contribution in [1.29, 1.82) is 0 Å². The Bertz CT molecular complexity index is 908. The molecule has 106 valence electrons. The van der Waals surface area contributed by atoms with E-state index >= 15 is 0 Å². The Hall–Kier alpha value is -2.95. The molecule has 0 fully saturated rings. The Balaban J connectivity index is 2.37. The lowest BCUT2D eigenvalue weighted by Crippen LogP contribution is -2.03. The summed E-state index contributed by atoms with van der Waals surface area (Å²) in [4.78, 5) is 12.1. The third-order valence-electron chi connectivity index (χ3n) is 3.42. The van der Waals surface area contributed by atoms with Gasteiger partial charge >= 0.3 is 5.63 Å². The van der Waals surface area contributed by atoms with Gasteiger partial charge in [-0.05, 0) is 36.6 Å². The fraction of sp³-hybridized carbons (Fsp3) is 0.0625. The van der Waals surface area contributed by atoms with Crippen LogP contribution in [0.25, 0.3) is 22.1 Å². The molecule has 21 heavy (non-hydrogen) atoms. The summed E-state index contributed by atoms with van der Waals surface area (Å²) in [5.74, 6) is -0.402. The van der Waals surface area contributed by atoms with Crippen LogP contribution in [0.15, 0.2) is 45.6 Å². The summed E-state index contributed by atoms with van der Waals surface area (Å²) >= 11 is 0. The highest BCUT2D eigenvalue weighted by atomic mass is 16.4. The Labute approximate surface area is 119 Å². The van der Waals surface area contributed by atoms with Gasteiger partial charge in [0.05, 0.1) is 0 Å². The second kappa shape index (κ2) is 4.56. The van der Waals surface area contributed by atoms with E-state index in [0.717, 1.165) is 0 Å². The van der Waals surface area contributed by atoms with Crippen molar-refractivity contribution in [2.45, 2.75) is 6.92 Å². The van der Waals surface area contributed by atoms with Gasteiger partial charge in [-0.1, -0.05) is 12.1 Å². The van der Waals surface area contributed by atoms with Crippen LogP contribution >= 0.6 is 0 Å². The van der Waals surface area contributed by atoms with Gasteiger partial charge < -0.3 is 19.7 Å². The lowest BCUT2D eigenvalue weighted by atomic mass is 10.0. The number of rotatable bonds is 1. The Morgan fingerprint density at radius 2 is 1.71 bits per heavy atom. The van der Waals surface area contributed by atoms with E-state index in [9.17, 15) is 20.1 Å². The SMILES string of the molecule is Cc1c(-c2ccc(O)c(O)c2)oc(=O)c2c(O)cccc12. The van der Waals surface area contributed by atoms with Crippen molar-refractivity contribution in [2.24, 2.45) is 0 Å². The zero-order valence-electron chi connectivity index (χ0n) is 11.1. The fourth-order valence-corrected chi connectivity index (χ4v) is 2.35. The molecule has 5 heteroatoms. The van der Waals surface area contributed by atoms with E-state index in [1.165, 1.54) is 24.3 Å². The maximum atomic E-state index is 12.1. The van der Waals surface area contributed by atoms with Gasteiger partial charge in [-0.2, -0.15) is 0 Å². The minimum absolute atomic E-state index is 0.127. The van der Waals surface area contributed by atoms with Crippen molar-refractivity contribution in [3.05, 3.63) is 52.4 Å². The van der Waals surface area contributed by atoms with Gasteiger partial charge in [-0.15, -0.1) is 0 Å². The molecule has 0 aliphatic rings. The molecule has 0 bridgehead atoms. The number of hydrogen-bond acceptors (Lipinski definition) is 5. The van der Waals surface area contributed by atoms with Crippen molar-refractivity contribution in [1.82, 2.24) is 0 Å². The number of phenols is 3. The molecule has 0 aliphatic carbocycles. The monoisotopic (exact) mass is 284 g/mol. The number of hydrogen-bond donors (Lipinski definition) is 3. The minimum Gasteiger partial charge on any atom is -0.507 e. The van der Waals surface area contributed by atoms with Crippen LogP contribution in [0.1, 0.15) is 5.56 Å². The molecule has 0 spiro atoms. The number of phenolic OH excluding ortho intramolecular Hbond substituents is 3. The number of benzene rings is 2. The summed E-state index contributed by atoms with van der Waals surface area (Å²) in [6.07, 6.45) is 0. The molecule has 5 nitrogen and oxygen atoms in total. The highest BCUT2D eigenvalue weighted by Crippen LogP contribution is 2.34. The number of aryl methyl sites for hydroxylation is 1. The quantitative estimate of drug-likeness (QED) is 0.598. The highest BCUT2D eigenvalue weighted by Gasteiger charge is 2.15. The van der Waals surface area contributed by atoms with E-state index in [-0.39, 0.29) is 28.4 Å². The van der Waals surface area contributed by atoms with Crippen molar-refractivity contribution in [3.63, 3.8) is 0 Å². The van der Waals surface area contributed by atoms with Crippen LogP contribution in [0.3, 0.4) is 0 Å². The molecule has 0 aliphatic heterocycles. The average Bonchev–Trinajstić information content (AvgIpc) is 2.45. The standard InChI is InChI=1S/C16H12O5/c1-8-10-3-2-4-12(18)14(10)16(20)21-15(8)9-5-6-11(17)13(19)7-9/h2-7,17-19H,1H3. The molecule has 1 heterocycles. The van der Waals surface area contributed by atoms with Gasteiger partial charge in [-0.25, -0.2) is 4.79 Å². The number of aromatic hydroxyl groups is 3. The first-order chi connectivity index (χ1) is 9.99. The van der Waals surface area contributed by atoms with Crippen molar-refractivity contribution in [2.75, 3.05) is 0 Å². The molecule has 2 aromatic carbocycles. The summed E-state index contributed by atoms with van der Waals surface area (Å²) in [6, 6.07) is 8.94. The molecule has 0 saturated carbocycles. The van der Waals surface area contributed by atoms with E-state index in [1.807, 2.05) is 0 Å². The Morgan fingerprint density at radius 3 is 2.43 bits per heavy atom. The largest absolute Gasteiger partial charge is 0.507 e. The lowest BCUT2D eigenvalue weighted by molar-refractivity contribution is 0.403. The molecule has 0 atom stereocenters. The van der Waals surface area contributed by atoms with Crippen LogP contribution in [-0.2, 0) is 0 Å². The Morgan fingerprint density at radius 1 is 0.952 bits per heavy atom. The summed E-state index contributed by atoms with van der Waals surface area (Å²) in [7, 11) is 0. The first-order valence-electron chi connectivity index (χ1n) is 6.27. The van der Waals surface area contributed by atoms with Crippen LogP contribution < -0.4 is 5.63 Å². The van der Waals surface area contributed by atoms with E-state index in [0.29, 0.717) is 16.5 Å². The van der Waals surface area contributed by atoms with Gasteiger partial charge in [0.25, 0.3) is 0 Å². The van der Waals surface area contributed by atoms with Crippen molar-refractivity contribution in [3.8, 4) is 28.6 Å². The van der Waals surface area contributed by atoms with E-state index in [2.05, 4.69) is 0 Å². The molecule has 1 aromatic heterocycles. The van der Waals surface area contributed by atoms with Gasteiger partial charge in [0, 0.05) is 11.1 Å². The second-order valence-corrected chi connectivity index (χ2v) is 4.75. The zero-order chi connectivity index (χ0) is 15.1. The molecular formula is C16H12O5.